The molecule has 2 aliphatic heterocycles. The number of carbonyl (C=O) groups excluding carboxylic acids is 3. The molecule has 1 unspecified atom stereocenters. The predicted octanol–water partition coefficient (Wildman–Crippen LogP) is 1.42. The van der Waals surface area contributed by atoms with Crippen LogP contribution in [0.1, 0.15) is 46.5 Å². The lowest BCUT2D eigenvalue weighted by Gasteiger charge is -2.17. The molecule has 2 fully saturated rings. The number of hydrogen-bond donors (Lipinski definition) is 3. The fraction of sp³-hybridized carbons (Fsp3) is 0.824. The molecule has 0 bridgehead atoms. The predicted molar refractivity (Wildman–Crippen MR) is 97.4 cm³/mol. The van der Waals surface area contributed by atoms with E-state index in [9.17, 15) is 14.4 Å². The summed E-state index contributed by atoms with van der Waals surface area (Å²) in [6.45, 7) is 6.07. The first-order valence-corrected chi connectivity index (χ1v) is 9.95. The van der Waals surface area contributed by atoms with Crippen molar-refractivity contribution in [2.75, 3.05) is 18.9 Å². The smallest absolute Gasteiger partial charge is 0.315 e. The van der Waals surface area contributed by atoms with Crippen LogP contribution in [0.15, 0.2) is 0 Å². The molecule has 3 atom stereocenters. The molecule has 2 heterocycles. The van der Waals surface area contributed by atoms with Gasteiger partial charge in [0.2, 0.25) is 5.91 Å². The number of unbranched alkanes of at least 4 members (excludes halogenated alkanes) is 1. The highest BCUT2D eigenvalue weighted by molar-refractivity contribution is 8.00. The van der Waals surface area contributed by atoms with Crippen LogP contribution in [-0.2, 0) is 14.3 Å². The fourth-order valence-electron chi connectivity index (χ4n) is 2.92. The Morgan fingerprint density at radius 1 is 1.28 bits per heavy atom. The molecular formula is C17H29N3O4S. The van der Waals surface area contributed by atoms with Gasteiger partial charge in [0.1, 0.15) is 6.61 Å². The number of rotatable bonds is 8. The highest BCUT2D eigenvalue weighted by Crippen LogP contribution is 2.33. The van der Waals surface area contributed by atoms with Crippen LogP contribution in [0.5, 0.6) is 0 Å². The van der Waals surface area contributed by atoms with Gasteiger partial charge in [0, 0.05) is 22.8 Å². The van der Waals surface area contributed by atoms with E-state index in [0.717, 1.165) is 25.0 Å². The second-order valence-electron chi connectivity index (χ2n) is 7.59. The fourth-order valence-corrected chi connectivity index (χ4v) is 4.47. The van der Waals surface area contributed by atoms with E-state index >= 15 is 0 Å². The normalized spacial score (nSPS) is 25.1. The molecule has 2 saturated heterocycles. The highest BCUT2D eigenvalue weighted by atomic mass is 32.2. The molecule has 0 aliphatic carbocycles. The third-order valence-corrected chi connectivity index (χ3v) is 5.90. The van der Waals surface area contributed by atoms with Crippen molar-refractivity contribution >= 4 is 29.7 Å². The van der Waals surface area contributed by atoms with E-state index < -0.39 is 5.41 Å². The molecule has 0 saturated carbocycles. The zero-order chi connectivity index (χ0) is 18.4. The second-order valence-corrected chi connectivity index (χ2v) is 8.87. The zero-order valence-corrected chi connectivity index (χ0v) is 16.0. The summed E-state index contributed by atoms with van der Waals surface area (Å²) in [6, 6.07) is 0.397. The molecule has 2 rings (SSSR count). The lowest BCUT2D eigenvalue weighted by molar-refractivity contribution is -0.144. The summed E-state index contributed by atoms with van der Waals surface area (Å²) in [5, 5.41) is 9.07. The van der Waals surface area contributed by atoms with Gasteiger partial charge in [-0.05, 0) is 12.8 Å². The molecular weight excluding hydrogens is 342 g/mol. The molecule has 7 nitrogen and oxygen atoms in total. The van der Waals surface area contributed by atoms with Crippen molar-refractivity contribution in [2.24, 2.45) is 5.41 Å². The maximum absolute atomic E-state index is 11.7. The summed E-state index contributed by atoms with van der Waals surface area (Å²) in [5.74, 6) is 0.679. The highest BCUT2D eigenvalue weighted by Gasteiger charge is 2.42. The third-order valence-electron chi connectivity index (χ3n) is 4.39. The van der Waals surface area contributed by atoms with Crippen LogP contribution in [0, 0.1) is 5.41 Å². The lowest BCUT2D eigenvalue weighted by atomic mass is 9.96. The van der Waals surface area contributed by atoms with E-state index in [1.165, 1.54) is 0 Å². The number of urea groups is 1. The molecule has 0 aromatic heterocycles. The van der Waals surface area contributed by atoms with Gasteiger partial charge >= 0.3 is 12.0 Å². The van der Waals surface area contributed by atoms with Crippen LogP contribution in [0.4, 0.5) is 4.79 Å². The maximum Gasteiger partial charge on any atom is 0.315 e. The molecule has 0 aromatic rings. The van der Waals surface area contributed by atoms with Crippen LogP contribution in [0.2, 0.25) is 0 Å². The Morgan fingerprint density at radius 2 is 2.04 bits per heavy atom. The number of fused-ring (bicyclic) bond motifs is 1. The summed E-state index contributed by atoms with van der Waals surface area (Å²) in [4.78, 5) is 34.7. The summed E-state index contributed by atoms with van der Waals surface area (Å²) >= 11 is 1.88. The summed E-state index contributed by atoms with van der Waals surface area (Å²) in [6.07, 6.45) is 3.10. The second kappa shape index (κ2) is 8.78. The van der Waals surface area contributed by atoms with Gasteiger partial charge in [0.15, 0.2) is 0 Å². The Labute approximate surface area is 153 Å². The van der Waals surface area contributed by atoms with Gasteiger partial charge in [-0.25, -0.2) is 4.79 Å². The van der Waals surface area contributed by atoms with Crippen molar-refractivity contribution in [1.29, 1.82) is 0 Å². The molecule has 8 heteroatoms. The molecule has 142 valence electrons. The number of esters is 1. The average molecular weight is 372 g/mol. The van der Waals surface area contributed by atoms with E-state index in [1.54, 1.807) is 0 Å². The molecule has 3 N–H and O–H groups in total. The first-order valence-electron chi connectivity index (χ1n) is 8.90. The number of nitrogens with one attached hydrogen (secondary N) is 3. The molecule has 2 aliphatic rings. The first kappa shape index (κ1) is 19.9. The van der Waals surface area contributed by atoms with Crippen LogP contribution in [-0.4, -0.2) is 54.1 Å². The Hall–Kier alpha value is -1.44. The Bertz CT molecular complexity index is 507. The molecule has 25 heavy (non-hydrogen) atoms. The van der Waals surface area contributed by atoms with E-state index in [1.807, 2.05) is 32.5 Å². The van der Waals surface area contributed by atoms with Crippen LogP contribution >= 0.6 is 11.8 Å². The SMILES string of the molecule is CC(C)(C)C(=O)NCCOC(=O)CCCCC1SC[C@@H]2NC(=O)N[C@H]12. The first-order chi connectivity index (χ1) is 11.8. The van der Waals surface area contributed by atoms with Crippen LogP contribution in [0.3, 0.4) is 0 Å². The monoisotopic (exact) mass is 371 g/mol. The van der Waals surface area contributed by atoms with Crippen molar-refractivity contribution in [3.63, 3.8) is 0 Å². The van der Waals surface area contributed by atoms with Crippen molar-refractivity contribution in [1.82, 2.24) is 16.0 Å². The zero-order valence-electron chi connectivity index (χ0n) is 15.2. The van der Waals surface area contributed by atoms with Gasteiger partial charge in [0.05, 0.1) is 18.6 Å². The number of hydrogen-bond acceptors (Lipinski definition) is 5. The van der Waals surface area contributed by atoms with Gasteiger partial charge in [-0.15, -0.1) is 0 Å². The molecule has 0 spiro atoms. The van der Waals surface area contributed by atoms with Crippen LogP contribution in [0.25, 0.3) is 0 Å². The minimum atomic E-state index is -0.435. The van der Waals surface area contributed by atoms with Crippen LogP contribution < -0.4 is 16.0 Å². The third kappa shape index (κ3) is 6.09. The van der Waals surface area contributed by atoms with Crippen molar-refractivity contribution < 1.29 is 19.1 Å². The Balaban J connectivity index is 1.50. The lowest BCUT2D eigenvalue weighted by Crippen LogP contribution is -2.37. The largest absolute Gasteiger partial charge is 0.464 e. The Morgan fingerprint density at radius 3 is 2.76 bits per heavy atom. The van der Waals surface area contributed by atoms with E-state index in [-0.39, 0.29) is 36.6 Å². The van der Waals surface area contributed by atoms with Crippen molar-refractivity contribution in [2.45, 2.75) is 63.8 Å². The number of amides is 3. The van der Waals surface area contributed by atoms with E-state index in [2.05, 4.69) is 16.0 Å². The number of carbonyl (C=O) groups is 3. The number of thioether (sulfide) groups is 1. The molecule has 3 amide bonds. The van der Waals surface area contributed by atoms with Crippen molar-refractivity contribution in [3.05, 3.63) is 0 Å². The van der Waals surface area contributed by atoms with E-state index in [0.29, 0.717) is 18.2 Å². The topological polar surface area (TPSA) is 96.5 Å². The van der Waals surface area contributed by atoms with Gasteiger partial charge in [-0.2, -0.15) is 11.8 Å². The maximum atomic E-state index is 11.7. The van der Waals surface area contributed by atoms with Gasteiger partial charge in [-0.3, -0.25) is 9.59 Å². The minimum absolute atomic E-state index is 0.0515. The summed E-state index contributed by atoms with van der Waals surface area (Å²) < 4.78 is 5.13. The van der Waals surface area contributed by atoms with Gasteiger partial charge in [-0.1, -0.05) is 27.2 Å². The summed E-state index contributed by atoms with van der Waals surface area (Å²) in [7, 11) is 0. The average Bonchev–Trinajstić information content (AvgIpc) is 3.06. The number of ether oxygens (including phenoxy) is 1. The quantitative estimate of drug-likeness (QED) is 0.341. The summed E-state index contributed by atoms with van der Waals surface area (Å²) in [5.41, 5.74) is -0.435. The van der Waals surface area contributed by atoms with Crippen molar-refractivity contribution in [3.8, 4) is 0 Å². The van der Waals surface area contributed by atoms with Gasteiger partial charge in [0.25, 0.3) is 0 Å². The van der Waals surface area contributed by atoms with Gasteiger partial charge < -0.3 is 20.7 Å². The minimum Gasteiger partial charge on any atom is -0.464 e. The molecule has 0 aromatic carbocycles. The molecule has 0 radical (unpaired) electrons. The standard InChI is InChI=1S/C17H29N3O4S/c1-17(2,3)15(22)18-8-9-24-13(21)7-5-4-6-12-14-11(10-25-12)19-16(23)20-14/h11-12,14H,4-10H2,1-3H3,(H,18,22)(H2,19,20,23)/t11-,12?,14-/m0/s1. The Kier molecular flexibility index (Phi) is 6.98. The van der Waals surface area contributed by atoms with E-state index in [4.69, 9.17) is 4.74 Å².